The third-order valence-corrected chi connectivity index (χ3v) is 7.94. The van der Waals surface area contributed by atoms with Gasteiger partial charge in [-0.15, -0.1) is 0 Å². The summed E-state index contributed by atoms with van der Waals surface area (Å²) >= 11 is 0. The zero-order valence-electron chi connectivity index (χ0n) is 19.7. The molecule has 1 aromatic carbocycles. The van der Waals surface area contributed by atoms with Gasteiger partial charge in [0.1, 0.15) is 16.9 Å². The quantitative estimate of drug-likeness (QED) is 0.142. The molecule has 0 heterocycles. The SMILES string of the molecule is CCCCOC(O)([PH2]=O)c1cc(CP(=O)(O)OCCCC)cc(C(O)(OCCCC)[PH2]=O)c1. The standard InChI is InChI=1S/C21H39O9P3/c1-4-7-10-28-20(22,31-24)18-13-17(16-33(26,27)30-12-9-6-3)14-19(15-18)21(23,32-25)29-11-8-5-2/h13-15,22-23H,4-12,16,31-32H2,1-3H3,(H,26,27). The van der Waals surface area contributed by atoms with E-state index < -0.39 is 41.7 Å². The van der Waals surface area contributed by atoms with Crippen molar-refractivity contribution in [2.45, 2.75) is 76.5 Å². The first kappa shape index (κ1) is 30.7. The van der Waals surface area contributed by atoms with E-state index in [1.54, 1.807) is 0 Å². The molecule has 0 radical (unpaired) electrons. The van der Waals surface area contributed by atoms with E-state index in [4.69, 9.17) is 14.0 Å². The highest BCUT2D eigenvalue weighted by Gasteiger charge is 2.35. The highest BCUT2D eigenvalue weighted by molar-refractivity contribution is 7.51. The van der Waals surface area contributed by atoms with Crippen LogP contribution in [-0.2, 0) is 44.9 Å². The van der Waals surface area contributed by atoms with Gasteiger partial charge in [0, 0.05) is 11.1 Å². The fraction of sp³-hybridized carbons (Fsp3) is 0.714. The normalized spacial score (nSPS) is 18.0. The van der Waals surface area contributed by atoms with Crippen LogP contribution in [0.1, 0.15) is 76.0 Å². The third kappa shape index (κ3) is 10.0. The first-order valence-electron chi connectivity index (χ1n) is 11.4. The van der Waals surface area contributed by atoms with Crippen molar-refractivity contribution in [1.82, 2.24) is 0 Å². The van der Waals surface area contributed by atoms with Gasteiger partial charge in [-0.05, 0) is 43.0 Å². The van der Waals surface area contributed by atoms with E-state index in [0.29, 0.717) is 19.3 Å². The Morgan fingerprint density at radius 3 is 1.64 bits per heavy atom. The number of ether oxygens (including phenoxy) is 2. The lowest BCUT2D eigenvalue weighted by molar-refractivity contribution is -0.146. The molecule has 0 spiro atoms. The summed E-state index contributed by atoms with van der Waals surface area (Å²) in [7, 11) is -7.79. The van der Waals surface area contributed by atoms with Crippen LogP contribution in [0.25, 0.3) is 0 Å². The summed E-state index contributed by atoms with van der Waals surface area (Å²) in [6.45, 7) is 6.20. The minimum absolute atomic E-state index is 0.0232. The molecule has 0 amide bonds. The predicted octanol–water partition coefficient (Wildman–Crippen LogP) is 4.54. The van der Waals surface area contributed by atoms with Gasteiger partial charge in [-0.3, -0.25) is 4.57 Å². The Morgan fingerprint density at radius 2 is 1.24 bits per heavy atom. The van der Waals surface area contributed by atoms with Crippen molar-refractivity contribution in [3.63, 3.8) is 0 Å². The smallest absolute Gasteiger partial charge is 0.332 e. The van der Waals surface area contributed by atoms with Gasteiger partial charge in [0.05, 0.1) is 26.0 Å². The van der Waals surface area contributed by atoms with Gasteiger partial charge in [-0.25, -0.2) is 0 Å². The van der Waals surface area contributed by atoms with Crippen LogP contribution in [0.4, 0.5) is 0 Å². The number of aliphatic hydroxyl groups is 2. The van der Waals surface area contributed by atoms with Gasteiger partial charge in [0.15, 0.2) is 0 Å². The second-order valence-corrected chi connectivity index (χ2v) is 11.8. The van der Waals surface area contributed by atoms with Crippen LogP contribution in [0, 0.1) is 0 Å². The van der Waals surface area contributed by atoms with Crippen molar-refractivity contribution in [2.75, 3.05) is 19.8 Å². The van der Waals surface area contributed by atoms with E-state index in [9.17, 15) is 28.8 Å². The van der Waals surface area contributed by atoms with Gasteiger partial charge < -0.3 is 38.2 Å². The Balaban J connectivity index is 3.44. The number of hydrogen-bond acceptors (Lipinski definition) is 8. The molecule has 0 aliphatic carbocycles. The molecule has 0 aliphatic rings. The topological polar surface area (TPSA) is 140 Å². The maximum atomic E-state index is 12.6. The Labute approximate surface area is 198 Å². The molecular formula is C21H39O9P3. The molecular weight excluding hydrogens is 489 g/mol. The molecule has 1 aromatic rings. The Morgan fingerprint density at radius 1 is 0.818 bits per heavy atom. The number of benzene rings is 1. The zero-order chi connectivity index (χ0) is 25.0. The molecule has 9 nitrogen and oxygen atoms in total. The van der Waals surface area contributed by atoms with Crippen molar-refractivity contribution < 1.29 is 42.8 Å². The number of rotatable bonds is 18. The maximum Gasteiger partial charge on any atom is 0.332 e. The van der Waals surface area contributed by atoms with Crippen molar-refractivity contribution in [1.29, 1.82) is 0 Å². The van der Waals surface area contributed by atoms with E-state index in [-0.39, 0.29) is 36.5 Å². The minimum Gasteiger partial charge on any atom is -0.356 e. The molecule has 192 valence electrons. The number of hydrogen-bond donors (Lipinski definition) is 3. The van der Waals surface area contributed by atoms with E-state index in [2.05, 4.69) is 0 Å². The predicted molar refractivity (Wildman–Crippen MR) is 131 cm³/mol. The van der Waals surface area contributed by atoms with E-state index in [0.717, 1.165) is 19.3 Å². The number of unbranched alkanes of at least 4 members (excludes halogenated alkanes) is 3. The van der Waals surface area contributed by atoms with Crippen LogP contribution in [0.3, 0.4) is 0 Å². The second kappa shape index (κ2) is 14.9. The molecule has 0 saturated carbocycles. The van der Waals surface area contributed by atoms with Crippen LogP contribution < -0.4 is 0 Å². The van der Waals surface area contributed by atoms with Gasteiger partial charge >= 0.3 is 7.60 Å². The lowest BCUT2D eigenvalue weighted by atomic mass is 10.0. The van der Waals surface area contributed by atoms with E-state index in [1.165, 1.54) is 18.2 Å². The highest BCUT2D eigenvalue weighted by Crippen LogP contribution is 2.48. The third-order valence-electron chi connectivity index (χ3n) is 4.95. The Kier molecular flexibility index (Phi) is 13.9. The lowest BCUT2D eigenvalue weighted by Crippen LogP contribution is -2.27. The van der Waals surface area contributed by atoms with Crippen LogP contribution >= 0.6 is 24.5 Å². The summed E-state index contributed by atoms with van der Waals surface area (Å²) < 4.78 is 52.7. The summed E-state index contributed by atoms with van der Waals surface area (Å²) in [6.07, 6.45) is 3.83. The summed E-state index contributed by atoms with van der Waals surface area (Å²) in [5.41, 5.74) is -4.03. The van der Waals surface area contributed by atoms with Gasteiger partial charge in [0.2, 0.25) is 11.1 Å². The molecule has 5 unspecified atom stereocenters. The van der Waals surface area contributed by atoms with E-state index >= 15 is 0 Å². The Hall–Kier alpha value is -0.330. The van der Waals surface area contributed by atoms with Crippen LogP contribution in [0.15, 0.2) is 18.2 Å². The molecule has 1 rings (SSSR count). The minimum atomic E-state index is -4.04. The fourth-order valence-corrected chi connectivity index (χ4v) is 5.07. The fourth-order valence-electron chi connectivity index (χ4n) is 2.94. The molecule has 5 atom stereocenters. The molecule has 3 N–H and O–H groups in total. The first-order valence-corrected chi connectivity index (χ1v) is 15.2. The van der Waals surface area contributed by atoms with Gasteiger partial charge in [-0.2, -0.15) is 0 Å². The molecule has 12 heteroatoms. The highest BCUT2D eigenvalue weighted by atomic mass is 31.2. The monoisotopic (exact) mass is 528 g/mol. The van der Waals surface area contributed by atoms with Crippen molar-refractivity contribution in [2.24, 2.45) is 0 Å². The Bertz CT molecular complexity index is 761. The summed E-state index contributed by atoms with van der Waals surface area (Å²) in [5, 5.41) is 21.9. The summed E-state index contributed by atoms with van der Waals surface area (Å²) in [4.78, 5) is 10.3. The van der Waals surface area contributed by atoms with Crippen molar-refractivity contribution in [3.05, 3.63) is 34.9 Å². The molecule has 0 aromatic heterocycles. The second-order valence-electron chi connectivity index (χ2n) is 7.93. The molecule has 0 bridgehead atoms. The first-order chi connectivity index (χ1) is 15.6. The molecule has 0 fully saturated rings. The summed E-state index contributed by atoms with van der Waals surface area (Å²) in [6, 6.07) is 4.09. The molecule has 0 aliphatic heterocycles. The van der Waals surface area contributed by atoms with Gasteiger partial charge in [0.25, 0.3) is 0 Å². The maximum absolute atomic E-state index is 12.6. The lowest BCUT2D eigenvalue weighted by Gasteiger charge is -2.28. The van der Waals surface area contributed by atoms with Crippen LogP contribution in [0.5, 0.6) is 0 Å². The molecule has 0 saturated heterocycles. The average Bonchev–Trinajstić information content (AvgIpc) is 2.78. The summed E-state index contributed by atoms with van der Waals surface area (Å²) in [5.74, 6) is 0. The molecule has 33 heavy (non-hydrogen) atoms. The van der Waals surface area contributed by atoms with Crippen LogP contribution in [0.2, 0.25) is 0 Å². The van der Waals surface area contributed by atoms with Crippen LogP contribution in [-0.4, -0.2) is 34.9 Å². The van der Waals surface area contributed by atoms with E-state index in [1.807, 2.05) is 20.8 Å². The average molecular weight is 528 g/mol. The zero-order valence-corrected chi connectivity index (χ0v) is 22.9. The van der Waals surface area contributed by atoms with Gasteiger partial charge in [-0.1, -0.05) is 40.0 Å². The largest absolute Gasteiger partial charge is 0.356 e. The van der Waals surface area contributed by atoms with Crippen molar-refractivity contribution >= 4 is 24.5 Å². The van der Waals surface area contributed by atoms with Crippen molar-refractivity contribution in [3.8, 4) is 0 Å².